The fourth-order valence-electron chi connectivity index (χ4n) is 2.86. The Kier molecular flexibility index (Phi) is 4.51. The lowest BCUT2D eigenvalue weighted by atomic mass is 9.89. The average Bonchev–Trinajstić information content (AvgIpc) is 3.02. The second kappa shape index (κ2) is 6.73. The number of ether oxygens (including phenoxy) is 1. The van der Waals surface area contributed by atoms with Crippen LogP contribution in [0.2, 0.25) is 0 Å². The Balaban J connectivity index is 1.58. The van der Waals surface area contributed by atoms with Gasteiger partial charge >= 0.3 is 0 Å². The molecule has 0 aliphatic carbocycles. The summed E-state index contributed by atoms with van der Waals surface area (Å²) in [5.74, 6) is 1.51. The molecule has 20 heavy (non-hydrogen) atoms. The molecule has 3 rings (SSSR count). The summed E-state index contributed by atoms with van der Waals surface area (Å²) >= 11 is 0. The summed E-state index contributed by atoms with van der Waals surface area (Å²) in [6.45, 7) is 2.61. The van der Waals surface area contributed by atoms with Crippen LogP contribution in [-0.4, -0.2) is 13.2 Å². The third-order valence-electron chi connectivity index (χ3n) is 3.86. The highest BCUT2D eigenvalue weighted by atomic mass is 16.5. The largest absolute Gasteiger partial charge is 0.468 e. The van der Waals surface area contributed by atoms with E-state index >= 15 is 0 Å². The smallest absolute Gasteiger partial charge is 0.117 e. The Morgan fingerprint density at radius 3 is 2.80 bits per heavy atom. The van der Waals surface area contributed by atoms with Gasteiger partial charge in [-0.1, -0.05) is 30.3 Å². The van der Waals surface area contributed by atoms with Crippen LogP contribution < -0.4 is 5.32 Å². The number of furan rings is 1. The molecule has 1 saturated heterocycles. The molecule has 1 aliphatic heterocycles. The molecule has 3 nitrogen and oxygen atoms in total. The van der Waals surface area contributed by atoms with Crippen molar-refractivity contribution in [1.82, 2.24) is 5.32 Å². The summed E-state index contributed by atoms with van der Waals surface area (Å²) in [6.07, 6.45) is 4.29. The van der Waals surface area contributed by atoms with Crippen LogP contribution >= 0.6 is 0 Å². The van der Waals surface area contributed by atoms with E-state index in [0.717, 1.165) is 31.9 Å². The zero-order valence-electron chi connectivity index (χ0n) is 11.6. The van der Waals surface area contributed by atoms with Gasteiger partial charge in [-0.3, -0.25) is 0 Å². The predicted octanol–water partition coefficient (Wildman–Crippen LogP) is 3.54. The van der Waals surface area contributed by atoms with Crippen LogP contribution in [0, 0.1) is 5.92 Å². The van der Waals surface area contributed by atoms with Crippen molar-refractivity contribution >= 4 is 0 Å². The lowest BCUT2D eigenvalue weighted by Gasteiger charge is -2.32. The third kappa shape index (κ3) is 3.30. The molecule has 0 bridgehead atoms. The van der Waals surface area contributed by atoms with Crippen molar-refractivity contribution < 1.29 is 9.15 Å². The lowest BCUT2D eigenvalue weighted by molar-refractivity contribution is -0.0279. The van der Waals surface area contributed by atoms with Gasteiger partial charge < -0.3 is 14.5 Å². The van der Waals surface area contributed by atoms with Crippen molar-refractivity contribution in [2.75, 3.05) is 13.2 Å². The van der Waals surface area contributed by atoms with E-state index in [1.54, 1.807) is 6.26 Å². The summed E-state index contributed by atoms with van der Waals surface area (Å²) in [6, 6.07) is 14.5. The quantitative estimate of drug-likeness (QED) is 0.903. The van der Waals surface area contributed by atoms with Crippen LogP contribution in [0.4, 0.5) is 0 Å². The van der Waals surface area contributed by atoms with E-state index in [-0.39, 0.29) is 6.10 Å². The van der Waals surface area contributed by atoms with Gasteiger partial charge in [0, 0.05) is 19.1 Å². The standard InChI is InChI=1S/C17H21NO2/c1-2-6-14(7-3-1)17-15(8-4-11-20-17)12-18-13-16-9-5-10-19-16/h1-3,5-7,9-10,15,17-18H,4,8,11-13H2. The van der Waals surface area contributed by atoms with E-state index in [1.165, 1.54) is 12.0 Å². The monoisotopic (exact) mass is 271 g/mol. The number of benzene rings is 1. The van der Waals surface area contributed by atoms with Crippen molar-refractivity contribution in [3.63, 3.8) is 0 Å². The van der Waals surface area contributed by atoms with Gasteiger partial charge in [-0.2, -0.15) is 0 Å². The first-order valence-corrected chi connectivity index (χ1v) is 7.33. The van der Waals surface area contributed by atoms with Crippen molar-refractivity contribution in [3.05, 3.63) is 60.1 Å². The molecule has 2 aromatic rings. The van der Waals surface area contributed by atoms with Crippen LogP contribution in [0.5, 0.6) is 0 Å². The molecule has 2 atom stereocenters. The maximum atomic E-state index is 6.00. The van der Waals surface area contributed by atoms with Crippen LogP contribution in [-0.2, 0) is 11.3 Å². The first-order valence-electron chi connectivity index (χ1n) is 7.33. The molecule has 2 unspecified atom stereocenters. The van der Waals surface area contributed by atoms with Crippen LogP contribution in [0.15, 0.2) is 53.1 Å². The Bertz CT molecular complexity index is 495. The van der Waals surface area contributed by atoms with Crippen LogP contribution in [0.25, 0.3) is 0 Å². The summed E-state index contributed by atoms with van der Waals surface area (Å²) in [5, 5.41) is 3.48. The first-order chi connectivity index (χ1) is 9.93. The Morgan fingerprint density at radius 2 is 2.00 bits per heavy atom. The summed E-state index contributed by atoms with van der Waals surface area (Å²) in [7, 11) is 0. The van der Waals surface area contributed by atoms with Gasteiger partial charge in [-0.25, -0.2) is 0 Å². The fourth-order valence-corrected chi connectivity index (χ4v) is 2.86. The van der Waals surface area contributed by atoms with Crippen LogP contribution in [0.1, 0.15) is 30.3 Å². The minimum Gasteiger partial charge on any atom is -0.468 e. The molecule has 3 heteroatoms. The van der Waals surface area contributed by atoms with Crippen molar-refractivity contribution in [1.29, 1.82) is 0 Å². The molecule has 1 aliphatic rings. The Morgan fingerprint density at radius 1 is 1.10 bits per heavy atom. The second-order valence-electron chi connectivity index (χ2n) is 5.31. The molecule has 2 heterocycles. The van der Waals surface area contributed by atoms with Crippen molar-refractivity contribution in [2.24, 2.45) is 5.92 Å². The SMILES string of the molecule is c1ccc(C2OCCCC2CNCc2ccco2)cc1. The molecule has 1 N–H and O–H groups in total. The fraction of sp³-hybridized carbons (Fsp3) is 0.412. The summed E-state index contributed by atoms with van der Waals surface area (Å²) in [4.78, 5) is 0. The average molecular weight is 271 g/mol. The highest BCUT2D eigenvalue weighted by Crippen LogP contribution is 2.33. The normalized spacial score (nSPS) is 22.8. The Hall–Kier alpha value is -1.58. The maximum Gasteiger partial charge on any atom is 0.117 e. The molecule has 0 radical (unpaired) electrons. The minimum atomic E-state index is 0.217. The molecule has 0 spiro atoms. The highest BCUT2D eigenvalue weighted by Gasteiger charge is 2.26. The number of hydrogen-bond acceptors (Lipinski definition) is 3. The molecule has 1 aromatic heterocycles. The minimum absolute atomic E-state index is 0.217. The summed E-state index contributed by atoms with van der Waals surface area (Å²) < 4.78 is 11.3. The molecule has 1 aromatic carbocycles. The molecule has 0 amide bonds. The predicted molar refractivity (Wildman–Crippen MR) is 78.3 cm³/mol. The molecule has 106 valence electrons. The lowest BCUT2D eigenvalue weighted by Crippen LogP contribution is -2.31. The first kappa shape index (κ1) is 13.4. The van der Waals surface area contributed by atoms with Gasteiger partial charge in [-0.15, -0.1) is 0 Å². The van der Waals surface area contributed by atoms with Crippen molar-refractivity contribution in [2.45, 2.75) is 25.5 Å². The van der Waals surface area contributed by atoms with Gasteiger partial charge in [-0.05, 0) is 30.5 Å². The van der Waals surface area contributed by atoms with Gasteiger partial charge in [0.2, 0.25) is 0 Å². The number of rotatable bonds is 5. The van der Waals surface area contributed by atoms with E-state index in [0.29, 0.717) is 5.92 Å². The van der Waals surface area contributed by atoms with Crippen LogP contribution in [0.3, 0.4) is 0 Å². The molecule has 0 saturated carbocycles. The van der Waals surface area contributed by atoms with Gasteiger partial charge in [0.1, 0.15) is 5.76 Å². The highest BCUT2D eigenvalue weighted by molar-refractivity contribution is 5.18. The number of hydrogen-bond donors (Lipinski definition) is 1. The summed E-state index contributed by atoms with van der Waals surface area (Å²) in [5.41, 5.74) is 1.29. The van der Waals surface area contributed by atoms with Crippen molar-refractivity contribution in [3.8, 4) is 0 Å². The van der Waals surface area contributed by atoms with E-state index in [9.17, 15) is 0 Å². The molecule has 1 fully saturated rings. The number of nitrogens with one attached hydrogen (secondary N) is 1. The third-order valence-corrected chi connectivity index (χ3v) is 3.86. The second-order valence-corrected chi connectivity index (χ2v) is 5.31. The van der Waals surface area contributed by atoms with Gasteiger partial charge in [0.15, 0.2) is 0 Å². The van der Waals surface area contributed by atoms with E-state index in [4.69, 9.17) is 9.15 Å². The van der Waals surface area contributed by atoms with E-state index in [2.05, 4.69) is 35.6 Å². The van der Waals surface area contributed by atoms with Gasteiger partial charge in [0.25, 0.3) is 0 Å². The Labute approximate surface area is 119 Å². The van der Waals surface area contributed by atoms with E-state index < -0.39 is 0 Å². The zero-order valence-corrected chi connectivity index (χ0v) is 11.6. The van der Waals surface area contributed by atoms with Gasteiger partial charge in [0.05, 0.1) is 18.9 Å². The topological polar surface area (TPSA) is 34.4 Å². The van der Waals surface area contributed by atoms with E-state index in [1.807, 2.05) is 12.1 Å². The molecular weight excluding hydrogens is 250 g/mol. The maximum absolute atomic E-state index is 6.00. The molecular formula is C17H21NO2. The zero-order chi connectivity index (χ0) is 13.6.